The number of hydrogen-bond acceptors (Lipinski definition) is 0. The predicted octanol–water partition coefficient (Wildman–Crippen LogP) is 4.24. The SMILES string of the molecule is CCCC(P)(CC)C(P)(CC)CC. The molecule has 0 saturated heterocycles. The molecule has 0 N–H and O–H groups in total. The van der Waals surface area contributed by atoms with E-state index in [0.29, 0.717) is 10.3 Å². The van der Waals surface area contributed by atoms with Crippen molar-refractivity contribution in [2.45, 2.75) is 70.1 Å². The lowest BCUT2D eigenvalue weighted by Gasteiger charge is -2.45. The van der Waals surface area contributed by atoms with Crippen molar-refractivity contribution in [1.29, 1.82) is 0 Å². The molecular formula is C11H26P2. The van der Waals surface area contributed by atoms with Crippen LogP contribution < -0.4 is 0 Å². The molecule has 0 heterocycles. The normalized spacial score (nSPS) is 17.1. The van der Waals surface area contributed by atoms with Crippen LogP contribution in [0.1, 0.15) is 59.8 Å². The number of rotatable bonds is 6. The van der Waals surface area contributed by atoms with Gasteiger partial charge < -0.3 is 0 Å². The summed E-state index contributed by atoms with van der Waals surface area (Å²) in [5.41, 5.74) is 0. The van der Waals surface area contributed by atoms with Gasteiger partial charge in [0.1, 0.15) is 0 Å². The molecule has 0 radical (unpaired) electrons. The van der Waals surface area contributed by atoms with Crippen molar-refractivity contribution < 1.29 is 0 Å². The van der Waals surface area contributed by atoms with Crippen LogP contribution in [-0.4, -0.2) is 10.3 Å². The van der Waals surface area contributed by atoms with Crippen LogP contribution in [-0.2, 0) is 0 Å². The van der Waals surface area contributed by atoms with Crippen molar-refractivity contribution in [3.05, 3.63) is 0 Å². The molecule has 0 fully saturated rings. The summed E-state index contributed by atoms with van der Waals surface area (Å²) in [6, 6.07) is 0. The van der Waals surface area contributed by atoms with Crippen molar-refractivity contribution in [3.63, 3.8) is 0 Å². The highest BCUT2D eigenvalue weighted by atomic mass is 31.0. The first kappa shape index (κ1) is 13.9. The van der Waals surface area contributed by atoms with E-state index in [4.69, 9.17) is 0 Å². The summed E-state index contributed by atoms with van der Waals surface area (Å²) >= 11 is 0. The van der Waals surface area contributed by atoms with Crippen LogP contribution in [0, 0.1) is 0 Å². The van der Waals surface area contributed by atoms with E-state index in [1.165, 1.54) is 32.1 Å². The maximum atomic E-state index is 3.13. The van der Waals surface area contributed by atoms with Crippen LogP contribution >= 0.6 is 18.5 Å². The molecule has 80 valence electrons. The fourth-order valence-electron chi connectivity index (χ4n) is 2.18. The molecule has 0 saturated carbocycles. The lowest BCUT2D eigenvalue weighted by atomic mass is 9.80. The Labute approximate surface area is 89.0 Å². The predicted molar refractivity (Wildman–Crippen MR) is 70.7 cm³/mol. The van der Waals surface area contributed by atoms with Gasteiger partial charge in [-0.2, -0.15) is 0 Å². The Morgan fingerprint density at radius 1 is 0.769 bits per heavy atom. The van der Waals surface area contributed by atoms with Gasteiger partial charge in [0.15, 0.2) is 0 Å². The highest BCUT2D eigenvalue weighted by molar-refractivity contribution is 7.25. The van der Waals surface area contributed by atoms with E-state index >= 15 is 0 Å². The van der Waals surface area contributed by atoms with Gasteiger partial charge in [-0.3, -0.25) is 0 Å². The van der Waals surface area contributed by atoms with E-state index in [2.05, 4.69) is 46.2 Å². The lowest BCUT2D eigenvalue weighted by Crippen LogP contribution is -2.43. The molecular weight excluding hydrogens is 194 g/mol. The molecule has 0 rings (SSSR count). The number of hydrogen-bond donors (Lipinski definition) is 0. The molecule has 0 aromatic carbocycles. The fourth-order valence-corrected chi connectivity index (χ4v) is 3.22. The van der Waals surface area contributed by atoms with Gasteiger partial charge >= 0.3 is 0 Å². The van der Waals surface area contributed by atoms with Gasteiger partial charge in [0.05, 0.1) is 0 Å². The third-order valence-corrected chi connectivity index (χ3v) is 6.58. The molecule has 0 aliphatic rings. The Balaban J connectivity index is 4.68. The van der Waals surface area contributed by atoms with Crippen LogP contribution in [0.2, 0.25) is 0 Å². The molecule has 0 aliphatic carbocycles. The van der Waals surface area contributed by atoms with Crippen LogP contribution in [0.3, 0.4) is 0 Å². The molecule has 3 atom stereocenters. The van der Waals surface area contributed by atoms with Crippen molar-refractivity contribution in [3.8, 4) is 0 Å². The second kappa shape index (κ2) is 5.67. The largest absolute Gasteiger partial charge is 0.130 e. The van der Waals surface area contributed by atoms with Crippen molar-refractivity contribution >= 4 is 18.5 Å². The Kier molecular flexibility index (Phi) is 6.05. The molecule has 0 nitrogen and oxygen atoms in total. The maximum Gasteiger partial charge on any atom is -0.00627 e. The topological polar surface area (TPSA) is 0 Å². The van der Waals surface area contributed by atoms with Gasteiger partial charge in [-0.05, 0) is 36.0 Å². The third kappa shape index (κ3) is 2.90. The molecule has 0 amide bonds. The Morgan fingerprint density at radius 2 is 1.15 bits per heavy atom. The van der Waals surface area contributed by atoms with E-state index < -0.39 is 0 Å². The quantitative estimate of drug-likeness (QED) is 0.587. The summed E-state index contributed by atoms with van der Waals surface area (Å²) < 4.78 is 0. The van der Waals surface area contributed by atoms with E-state index in [1.54, 1.807) is 0 Å². The smallest absolute Gasteiger partial charge is 0.00627 e. The molecule has 0 aromatic rings. The highest BCUT2D eigenvalue weighted by Crippen LogP contribution is 2.48. The summed E-state index contributed by atoms with van der Waals surface area (Å²) in [5.74, 6) is 0. The van der Waals surface area contributed by atoms with Crippen molar-refractivity contribution in [1.82, 2.24) is 0 Å². The van der Waals surface area contributed by atoms with Crippen LogP contribution in [0.4, 0.5) is 0 Å². The lowest BCUT2D eigenvalue weighted by molar-refractivity contribution is 0.361. The first-order valence-electron chi connectivity index (χ1n) is 5.57. The van der Waals surface area contributed by atoms with E-state index in [1.807, 2.05) is 0 Å². The molecule has 0 aromatic heterocycles. The maximum absolute atomic E-state index is 3.13. The third-order valence-electron chi connectivity index (χ3n) is 3.58. The molecule has 0 aliphatic heterocycles. The summed E-state index contributed by atoms with van der Waals surface area (Å²) in [4.78, 5) is 0. The van der Waals surface area contributed by atoms with Gasteiger partial charge in [0, 0.05) is 0 Å². The summed E-state index contributed by atoms with van der Waals surface area (Å²) in [6.07, 6.45) is 6.38. The average molecular weight is 220 g/mol. The highest BCUT2D eigenvalue weighted by Gasteiger charge is 2.39. The van der Waals surface area contributed by atoms with E-state index in [0.717, 1.165) is 0 Å². The zero-order valence-corrected chi connectivity index (χ0v) is 12.0. The second-order valence-corrected chi connectivity index (χ2v) is 6.33. The van der Waals surface area contributed by atoms with Gasteiger partial charge in [0.2, 0.25) is 0 Å². The van der Waals surface area contributed by atoms with Crippen LogP contribution in [0.25, 0.3) is 0 Å². The fraction of sp³-hybridized carbons (Fsp3) is 1.00. The summed E-state index contributed by atoms with van der Waals surface area (Å²) in [6.45, 7) is 9.21. The Morgan fingerprint density at radius 3 is 1.38 bits per heavy atom. The summed E-state index contributed by atoms with van der Waals surface area (Å²) in [7, 11) is 6.24. The zero-order chi connectivity index (χ0) is 10.5. The second-order valence-electron chi connectivity index (χ2n) is 4.12. The minimum absolute atomic E-state index is 0.419. The Bertz CT molecular complexity index is 141. The van der Waals surface area contributed by atoms with Crippen LogP contribution in [0.5, 0.6) is 0 Å². The first-order valence-corrected chi connectivity index (χ1v) is 6.72. The van der Waals surface area contributed by atoms with Crippen molar-refractivity contribution in [2.75, 3.05) is 0 Å². The van der Waals surface area contributed by atoms with Gasteiger partial charge in [-0.1, -0.05) is 34.1 Å². The van der Waals surface area contributed by atoms with E-state index in [9.17, 15) is 0 Å². The van der Waals surface area contributed by atoms with Crippen molar-refractivity contribution in [2.24, 2.45) is 0 Å². The first-order chi connectivity index (χ1) is 5.99. The minimum Gasteiger partial charge on any atom is -0.130 e. The molecule has 0 bridgehead atoms. The molecule has 3 unspecified atom stereocenters. The minimum atomic E-state index is 0.419. The Hall–Kier alpha value is 0.860. The van der Waals surface area contributed by atoms with Crippen LogP contribution in [0.15, 0.2) is 0 Å². The zero-order valence-electron chi connectivity index (χ0n) is 9.69. The molecule has 2 heteroatoms. The van der Waals surface area contributed by atoms with Gasteiger partial charge in [0.25, 0.3) is 0 Å². The average Bonchev–Trinajstić information content (AvgIpc) is 2.16. The molecule has 0 spiro atoms. The van der Waals surface area contributed by atoms with Gasteiger partial charge in [-0.25, -0.2) is 0 Å². The monoisotopic (exact) mass is 220 g/mol. The summed E-state index contributed by atoms with van der Waals surface area (Å²) in [5, 5.41) is 0.846. The molecule has 13 heavy (non-hydrogen) atoms. The van der Waals surface area contributed by atoms with E-state index in [-0.39, 0.29) is 0 Å². The standard InChI is InChI=1S/C11H26P2/c1-5-9-11(13,8-4)10(12,6-2)7-3/h5-9,12-13H2,1-4H3. The van der Waals surface area contributed by atoms with Gasteiger partial charge in [-0.15, -0.1) is 18.5 Å².